The van der Waals surface area contributed by atoms with Crippen LogP contribution in [0.1, 0.15) is 36.4 Å². The van der Waals surface area contributed by atoms with Gasteiger partial charge in [0, 0.05) is 15.8 Å². The molecule has 1 aliphatic carbocycles. The summed E-state index contributed by atoms with van der Waals surface area (Å²) in [5.41, 5.74) is 0. The van der Waals surface area contributed by atoms with Gasteiger partial charge in [-0.2, -0.15) is 0 Å². The minimum absolute atomic E-state index is 0.663. The first-order valence-corrected chi connectivity index (χ1v) is 7.31. The highest BCUT2D eigenvalue weighted by Gasteiger charge is 2.32. The van der Waals surface area contributed by atoms with E-state index in [1.165, 1.54) is 30.6 Å². The Morgan fingerprint density at radius 3 is 2.56 bits per heavy atom. The van der Waals surface area contributed by atoms with Gasteiger partial charge in [-0.25, -0.2) is 0 Å². The number of hydrogen-bond acceptors (Lipinski definition) is 2. The predicted octanol–water partition coefficient (Wildman–Crippen LogP) is 3.49. The number of aryl methyl sites for hydroxylation is 1. The summed E-state index contributed by atoms with van der Waals surface area (Å²) in [5, 5.41) is 3.51. The van der Waals surface area contributed by atoms with E-state index in [-0.39, 0.29) is 0 Å². The van der Waals surface area contributed by atoms with Crippen molar-refractivity contribution in [1.82, 2.24) is 5.32 Å². The number of likely N-dealkylation sites (N-methyl/N-ethyl adjacent to an activating group) is 1. The molecule has 1 nitrogen and oxygen atoms in total. The topological polar surface area (TPSA) is 12.0 Å². The van der Waals surface area contributed by atoms with E-state index in [9.17, 15) is 0 Å². The molecule has 0 aliphatic heterocycles. The van der Waals surface area contributed by atoms with E-state index >= 15 is 0 Å². The Morgan fingerprint density at radius 2 is 2.06 bits per heavy atom. The molecule has 2 heteroatoms. The first-order valence-electron chi connectivity index (χ1n) is 6.49. The van der Waals surface area contributed by atoms with E-state index in [0.29, 0.717) is 6.04 Å². The molecule has 90 valence electrons. The molecule has 0 aromatic carbocycles. The molecule has 1 aromatic heterocycles. The molecule has 0 radical (unpaired) electrons. The van der Waals surface area contributed by atoms with Crippen molar-refractivity contribution in [3.05, 3.63) is 21.9 Å². The van der Waals surface area contributed by atoms with Crippen molar-refractivity contribution >= 4 is 11.3 Å². The van der Waals surface area contributed by atoms with Crippen LogP contribution in [0.15, 0.2) is 12.1 Å². The fraction of sp³-hybridized carbons (Fsp3) is 0.714. The summed E-state index contributed by atoms with van der Waals surface area (Å²) in [4.78, 5) is 3.06. The zero-order valence-corrected chi connectivity index (χ0v) is 11.4. The molecule has 2 atom stereocenters. The van der Waals surface area contributed by atoms with Crippen molar-refractivity contribution in [1.29, 1.82) is 0 Å². The molecule has 1 heterocycles. The van der Waals surface area contributed by atoms with Crippen molar-refractivity contribution in [2.75, 3.05) is 7.05 Å². The standard InChI is InChI=1S/C14H23NS/c1-4-12-7-8-13(16-12)9-14(15-3)10(2)11-5-6-11/h7-8,10-11,14-15H,4-6,9H2,1-3H3. The quantitative estimate of drug-likeness (QED) is 0.798. The predicted molar refractivity (Wildman–Crippen MR) is 72.1 cm³/mol. The van der Waals surface area contributed by atoms with Crippen LogP contribution in [0.25, 0.3) is 0 Å². The van der Waals surface area contributed by atoms with Gasteiger partial charge in [-0.1, -0.05) is 13.8 Å². The third-order valence-electron chi connectivity index (χ3n) is 3.86. The average molecular weight is 237 g/mol. The second-order valence-electron chi connectivity index (χ2n) is 5.02. The van der Waals surface area contributed by atoms with E-state index in [1.807, 2.05) is 11.3 Å². The van der Waals surface area contributed by atoms with Crippen LogP contribution in [0.3, 0.4) is 0 Å². The smallest absolute Gasteiger partial charge is 0.0141 e. The summed E-state index contributed by atoms with van der Waals surface area (Å²) in [6.45, 7) is 4.64. The summed E-state index contributed by atoms with van der Waals surface area (Å²) in [6, 6.07) is 5.26. The lowest BCUT2D eigenvalue weighted by Gasteiger charge is -2.22. The minimum Gasteiger partial charge on any atom is -0.316 e. The summed E-state index contributed by atoms with van der Waals surface area (Å²) in [5.74, 6) is 1.82. The van der Waals surface area contributed by atoms with Gasteiger partial charge < -0.3 is 5.32 Å². The van der Waals surface area contributed by atoms with E-state index in [4.69, 9.17) is 0 Å². The van der Waals surface area contributed by atoms with Crippen molar-refractivity contribution < 1.29 is 0 Å². The largest absolute Gasteiger partial charge is 0.316 e. The van der Waals surface area contributed by atoms with Crippen LogP contribution in [0, 0.1) is 11.8 Å². The highest BCUT2D eigenvalue weighted by atomic mass is 32.1. The Morgan fingerprint density at radius 1 is 1.38 bits per heavy atom. The van der Waals surface area contributed by atoms with E-state index in [1.54, 1.807) is 4.88 Å². The highest BCUT2D eigenvalue weighted by molar-refractivity contribution is 7.11. The zero-order chi connectivity index (χ0) is 11.5. The Hall–Kier alpha value is -0.340. The average Bonchev–Trinajstić information content (AvgIpc) is 3.05. The first kappa shape index (κ1) is 12.1. The summed E-state index contributed by atoms with van der Waals surface area (Å²) in [7, 11) is 2.11. The number of thiophene rings is 1. The molecule has 1 saturated carbocycles. The third kappa shape index (κ3) is 2.86. The van der Waals surface area contributed by atoms with Gasteiger partial charge >= 0.3 is 0 Å². The first-order chi connectivity index (χ1) is 7.74. The SMILES string of the molecule is CCc1ccc(CC(NC)C(C)C2CC2)s1. The molecular formula is C14H23NS. The molecule has 0 spiro atoms. The number of rotatable bonds is 6. The maximum atomic E-state index is 3.51. The van der Waals surface area contributed by atoms with Crippen LogP contribution in [0.2, 0.25) is 0 Å². The van der Waals surface area contributed by atoms with Crippen LogP contribution >= 0.6 is 11.3 Å². The molecule has 1 aliphatic rings. The highest BCUT2D eigenvalue weighted by Crippen LogP contribution is 2.39. The van der Waals surface area contributed by atoms with Crippen molar-refractivity contribution in [2.24, 2.45) is 11.8 Å². The van der Waals surface area contributed by atoms with Crippen LogP contribution in [0.5, 0.6) is 0 Å². The fourth-order valence-electron chi connectivity index (χ4n) is 2.44. The maximum Gasteiger partial charge on any atom is 0.0141 e. The van der Waals surface area contributed by atoms with Gasteiger partial charge in [0.25, 0.3) is 0 Å². The van der Waals surface area contributed by atoms with Crippen molar-refractivity contribution in [2.45, 2.75) is 45.6 Å². The lowest BCUT2D eigenvalue weighted by atomic mass is 9.94. The molecule has 2 rings (SSSR count). The number of hydrogen-bond donors (Lipinski definition) is 1. The monoisotopic (exact) mass is 237 g/mol. The zero-order valence-electron chi connectivity index (χ0n) is 10.6. The van der Waals surface area contributed by atoms with Crippen molar-refractivity contribution in [3.8, 4) is 0 Å². The van der Waals surface area contributed by atoms with Gasteiger partial charge in [0.1, 0.15) is 0 Å². The van der Waals surface area contributed by atoms with E-state index in [2.05, 4.69) is 38.3 Å². The van der Waals surface area contributed by atoms with Gasteiger partial charge in [0.05, 0.1) is 0 Å². The molecule has 2 unspecified atom stereocenters. The van der Waals surface area contributed by atoms with Gasteiger partial charge in [-0.05, 0) is 56.7 Å². The third-order valence-corrected chi connectivity index (χ3v) is 5.11. The normalized spacial score (nSPS) is 19.7. The number of nitrogens with one attached hydrogen (secondary N) is 1. The second kappa shape index (κ2) is 5.33. The molecule has 1 aromatic rings. The minimum atomic E-state index is 0.663. The molecule has 1 N–H and O–H groups in total. The maximum absolute atomic E-state index is 3.51. The van der Waals surface area contributed by atoms with E-state index in [0.717, 1.165) is 11.8 Å². The van der Waals surface area contributed by atoms with Crippen LogP contribution in [-0.4, -0.2) is 13.1 Å². The lowest BCUT2D eigenvalue weighted by molar-refractivity contribution is 0.359. The van der Waals surface area contributed by atoms with Gasteiger partial charge in [0.2, 0.25) is 0 Å². The summed E-state index contributed by atoms with van der Waals surface area (Å²) < 4.78 is 0. The van der Waals surface area contributed by atoms with Crippen molar-refractivity contribution in [3.63, 3.8) is 0 Å². The molecule has 16 heavy (non-hydrogen) atoms. The molecule has 1 fully saturated rings. The molecule has 0 amide bonds. The Balaban J connectivity index is 1.94. The summed E-state index contributed by atoms with van der Waals surface area (Å²) >= 11 is 1.99. The molecule has 0 saturated heterocycles. The summed E-state index contributed by atoms with van der Waals surface area (Å²) in [6.07, 6.45) is 5.28. The molecule has 0 bridgehead atoms. The Labute approximate surface area is 103 Å². The van der Waals surface area contributed by atoms with Gasteiger partial charge in [0.15, 0.2) is 0 Å². The molecular weight excluding hydrogens is 214 g/mol. The van der Waals surface area contributed by atoms with Gasteiger partial charge in [-0.3, -0.25) is 0 Å². The van der Waals surface area contributed by atoms with Crippen LogP contribution in [-0.2, 0) is 12.8 Å². The fourth-order valence-corrected chi connectivity index (χ4v) is 3.46. The Kier molecular flexibility index (Phi) is 4.04. The van der Waals surface area contributed by atoms with Gasteiger partial charge in [-0.15, -0.1) is 11.3 Å². The van der Waals surface area contributed by atoms with E-state index < -0.39 is 0 Å². The van der Waals surface area contributed by atoms with Crippen LogP contribution in [0.4, 0.5) is 0 Å². The Bertz CT molecular complexity index is 327. The lowest BCUT2D eigenvalue weighted by Crippen LogP contribution is -2.34. The second-order valence-corrected chi connectivity index (χ2v) is 6.27. The van der Waals surface area contributed by atoms with Crippen LogP contribution < -0.4 is 5.32 Å².